The lowest BCUT2D eigenvalue weighted by Gasteiger charge is -2.14. The van der Waals surface area contributed by atoms with Gasteiger partial charge in [0.1, 0.15) is 11.3 Å². The average molecular weight is 506 g/mol. The highest BCUT2D eigenvalue weighted by Gasteiger charge is 2.17. The first-order valence-corrected chi connectivity index (χ1v) is 12.3. The van der Waals surface area contributed by atoms with E-state index in [0.717, 1.165) is 44.8 Å². The van der Waals surface area contributed by atoms with E-state index in [2.05, 4.69) is 52.5 Å². The number of halogens is 1. The maximum Gasteiger partial charge on any atom is 0.178 e. The molecule has 5 aromatic rings. The van der Waals surface area contributed by atoms with E-state index in [9.17, 15) is 4.39 Å². The van der Waals surface area contributed by atoms with Gasteiger partial charge in [-0.1, -0.05) is 45.2 Å². The van der Waals surface area contributed by atoms with E-state index in [1.807, 2.05) is 37.3 Å². The molecule has 5 rings (SSSR count). The van der Waals surface area contributed by atoms with Gasteiger partial charge < -0.3 is 10.3 Å². The number of aromatic amines is 2. The highest BCUT2D eigenvalue weighted by Crippen LogP contribution is 2.31. The van der Waals surface area contributed by atoms with Crippen LogP contribution >= 0.6 is 0 Å². The van der Waals surface area contributed by atoms with E-state index in [4.69, 9.17) is 9.97 Å². The standard InChI is InChI=1S/C30H28FN7/c1-6-19(16-22(7-2)33-18(5)17(3)4)24-12-13-25-27(34-24)28(38-37-25)30-35-26-23(14-15-32-29(26)36-30)20-8-10-21(31)11-9-20/h6-17,33H,2,5H2,1,3-4H3,(H,37,38)(H,32,35,36)/b19-6+,22-16+. The highest BCUT2D eigenvalue weighted by molar-refractivity contribution is 5.95. The zero-order chi connectivity index (χ0) is 26.8. The van der Waals surface area contributed by atoms with Crippen LogP contribution in [-0.4, -0.2) is 30.1 Å². The Kier molecular flexibility index (Phi) is 6.70. The number of rotatable bonds is 8. The molecule has 1 aromatic carbocycles. The fraction of sp³-hybridized carbons (Fsp3) is 0.133. The molecule has 0 atom stereocenters. The second kappa shape index (κ2) is 10.3. The van der Waals surface area contributed by atoms with Crippen molar-refractivity contribution >= 4 is 27.8 Å². The fourth-order valence-corrected chi connectivity index (χ4v) is 4.07. The number of fused-ring (bicyclic) bond motifs is 2. The van der Waals surface area contributed by atoms with Crippen molar-refractivity contribution in [2.45, 2.75) is 20.8 Å². The lowest BCUT2D eigenvalue weighted by molar-refractivity contribution is 0.628. The van der Waals surface area contributed by atoms with Crippen LogP contribution in [-0.2, 0) is 0 Å². The monoisotopic (exact) mass is 505 g/mol. The molecule has 0 amide bonds. The van der Waals surface area contributed by atoms with Crippen LogP contribution < -0.4 is 5.32 Å². The number of nitrogens with zero attached hydrogens (tertiary/aromatic N) is 4. The molecular formula is C30H28FN7. The Balaban J connectivity index is 1.55. The lowest BCUT2D eigenvalue weighted by atomic mass is 10.1. The number of aromatic nitrogens is 6. The summed E-state index contributed by atoms with van der Waals surface area (Å²) in [5, 5.41) is 10.9. The molecule has 0 aliphatic carbocycles. The topological polar surface area (TPSA) is 95.2 Å². The van der Waals surface area contributed by atoms with E-state index in [0.29, 0.717) is 22.7 Å². The quantitative estimate of drug-likeness (QED) is 0.199. The Labute approximate surface area is 220 Å². The number of nitrogens with one attached hydrogen (secondary N) is 3. The van der Waals surface area contributed by atoms with Crippen molar-refractivity contribution in [3.63, 3.8) is 0 Å². The summed E-state index contributed by atoms with van der Waals surface area (Å²) in [7, 11) is 0. The van der Waals surface area contributed by atoms with Gasteiger partial charge in [0.15, 0.2) is 17.2 Å². The summed E-state index contributed by atoms with van der Waals surface area (Å²) in [6.07, 6.45) is 7.44. The number of hydrogen-bond donors (Lipinski definition) is 3. The van der Waals surface area contributed by atoms with Crippen LogP contribution in [0, 0.1) is 11.7 Å². The largest absolute Gasteiger partial charge is 0.359 e. The second-order valence-corrected chi connectivity index (χ2v) is 9.17. The van der Waals surface area contributed by atoms with Crippen LogP contribution in [0.5, 0.6) is 0 Å². The minimum Gasteiger partial charge on any atom is -0.359 e. The molecule has 0 unspecified atom stereocenters. The van der Waals surface area contributed by atoms with Gasteiger partial charge in [0.2, 0.25) is 0 Å². The number of allylic oxidation sites excluding steroid dienone is 5. The Bertz CT molecular complexity index is 1720. The van der Waals surface area contributed by atoms with Crippen molar-refractivity contribution in [1.82, 2.24) is 35.5 Å². The maximum atomic E-state index is 13.5. The van der Waals surface area contributed by atoms with E-state index in [-0.39, 0.29) is 11.7 Å². The predicted octanol–water partition coefficient (Wildman–Crippen LogP) is 6.93. The summed E-state index contributed by atoms with van der Waals surface area (Å²) in [4.78, 5) is 17.4. The van der Waals surface area contributed by atoms with Crippen LogP contribution in [0.15, 0.2) is 91.4 Å². The number of H-pyrrole nitrogens is 2. The molecule has 4 aromatic heterocycles. The lowest BCUT2D eigenvalue weighted by Crippen LogP contribution is -2.14. The number of hydrogen-bond acceptors (Lipinski definition) is 5. The van der Waals surface area contributed by atoms with Crippen molar-refractivity contribution in [2.24, 2.45) is 5.92 Å². The van der Waals surface area contributed by atoms with E-state index < -0.39 is 0 Å². The number of benzene rings is 1. The SMILES string of the molecule is C=C/C(=C\C(=C/C)c1ccc2[nH]nc(-c3nc4nccc(-c5ccc(F)cc5)c4[nH]3)c2n1)NC(=C)C(C)C. The second-order valence-electron chi connectivity index (χ2n) is 9.17. The summed E-state index contributed by atoms with van der Waals surface area (Å²) in [6, 6.07) is 12.1. The molecule has 190 valence electrons. The van der Waals surface area contributed by atoms with Gasteiger partial charge in [-0.3, -0.25) is 5.10 Å². The molecule has 0 bridgehead atoms. The molecule has 0 saturated heterocycles. The van der Waals surface area contributed by atoms with Gasteiger partial charge in [0.05, 0.1) is 16.7 Å². The highest BCUT2D eigenvalue weighted by atomic mass is 19.1. The van der Waals surface area contributed by atoms with Gasteiger partial charge in [-0.05, 0) is 66.5 Å². The number of imidazole rings is 1. The molecule has 38 heavy (non-hydrogen) atoms. The van der Waals surface area contributed by atoms with Crippen LogP contribution in [0.25, 0.3) is 50.4 Å². The Morgan fingerprint density at radius 2 is 1.87 bits per heavy atom. The van der Waals surface area contributed by atoms with Gasteiger partial charge in [0, 0.05) is 23.2 Å². The molecule has 0 aliphatic heterocycles. The Morgan fingerprint density at radius 1 is 1.08 bits per heavy atom. The smallest absolute Gasteiger partial charge is 0.178 e. The molecule has 7 nitrogen and oxygen atoms in total. The van der Waals surface area contributed by atoms with Crippen molar-refractivity contribution in [3.05, 3.63) is 103 Å². The summed E-state index contributed by atoms with van der Waals surface area (Å²) in [5.74, 6) is 0.542. The zero-order valence-electron chi connectivity index (χ0n) is 21.5. The van der Waals surface area contributed by atoms with Crippen LogP contribution in [0.3, 0.4) is 0 Å². The third kappa shape index (κ3) is 4.76. The first-order valence-electron chi connectivity index (χ1n) is 12.3. The van der Waals surface area contributed by atoms with Crippen molar-refractivity contribution in [2.75, 3.05) is 0 Å². The molecule has 0 radical (unpaired) electrons. The molecular weight excluding hydrogens is 477 g/mol. The summed E-state index contributed by atoms with van der Waals surface area (Å²) in [5.41, 5.74) is 8.50. The molecule has 0 spiro atoms. The summed E-state index contributed by atoms with van der Waals surface area (Å²) >= 11 is 0. The van der Waals surface area contributed by atoms with Crippen molar-refractivity contribution in [3.8, 4) is 22.6 Å². The molecule has 3 N–H and O–H groups in total. The molecule has 0 aliphatic rings. The normalized spacial score (nSPS) is 12.4. The molecule has 0 saturated carbocycles. The first-order chi connectivity index (χ1) is 18.4. The van der Waals surface area contributed by atoms with Gasteiger partial charge >= 0.3 is 0 Å². The van der Waals surface area contributed by atoms with E-state index in [1.54, 1.807) is 24.4 Å². The first kappa shape index (κ1) is 24.8. The van der Waals surface area contributed by atoms with Gasteiger partial charge in [-0.25, -0.2) is 19.3 Å². The van der Waals surface area contributed by atoms with Crippen LogP contribution in [0.1, 0.15) is 26.5 Å². The van der Waals surface area contributed by atoms with Crippen molar-refractivity contribution < 1.29 is 4.39 Å². The van der Waals surface area contributed by atoms with Gasteiger partial charge in [-0.15, -0.1) is 0 Å². The zero-order valence-corrected chi connectivity index (χ0v) is 21.5. The van der Waals surface area contributed by atoms with Crippen LogP contribution in [0.4, 0.5) is 4.39 Å². The molecule has 8 heteroatoms. The summed E-state index contributed by atoms with van der Waals surface area (Å²) in [6.45, 7) is 14.2. The fourth-order valence-electron chi connectivity index (χ4n) is 4.07. The van der Waals surface area contributed by atoms with Gasteiger partial charge in [0.25, 0.3) is 0 Å². The summed E-state index contributed by atoms with van der Waals surface area (Å²) < 4.78 is 13.5. The third-order valence-corrected chi connectivity index (χ3v) is 6.32. The minimum absolute atomic E-state index is 0.287. The van der Waals surface area contributed by atoms with Crippen LogP contribution in [0.2, 0.25) is 0 Å². The third-order valence-electron chi connectivity index (χ3n) is 6.32. The molecule has 0 fully saturated rings. The predicted molar refractivity (Wildman–Crippen MR) is 151 cm³/mol. The number of pyridine rings is 2. The molecule has 4 heterocycles. The minimum atomic E-state index is -0.287. The Hall–Kier alpha value is -4.85. The van der Waals surface area contributed by atoms with Gasteiger partial charge in [-0.2, -0.15) is 5.10 Å². The van der Waals surface area contributed by atoms with E-state index >= 15 is 0 Å². The Morgan fingerprint density at radius 3 is 2.58 bits per heavy atom. The maximum absolute atomic E-state index is 13.5. The van der Waals surface area contributed by atoms with E-state index in [1.165, 1.54) is 12.1 Å². The average Bonchev–Trinajstić information content (AvgIpc) is 3.55. The van der Waals surface area contributed by atoms with Crippen molar-refractivity contribution in [1.29, 1.82) is 0 Å².